The van der Waals surface area contributed by atoms with E-state index in [0.29, 0.717) is 23.3 Å². The number of benzene rings is 2. The zero-order chi connectivity index (χ0) is 20.0. The first-order valence-electron chi connectivity index (χ1n) is 9.65. The van der Waals surface area contributed by atoms with Crippen LogP contribution < -0.4 is 10.3 Å². The van der Waals surface area contributed by atoms with Gasteiger partial charge in [-0.2, -0.15) is 0 Å². The van der Waals surface area contributed by atoms with Gasteiger partial charge in [-0.1, -0.05) is 23.7 Å². The van der Waals surface area contributed by atoms with Crippen LogP contribution in [-0.4, -0.2) is 14.1 Å². The third kappa shape index (κ3) is 3.54. The fourth-order valence-electron chi connectivity index (χ4n) is 3.56. The number of hydrogen-bond acceptors (Lipinski definition) is 3. The molecule has 0 saturated heterocycles. The molecule has 1 aliphatic rings. The Morgan fingerprint density at radius 3 is 2.62 bits per heavy atom. The van der Waals surface area contributed by atoms with E-state index in [-0.39, 0.29) is 5.56 Å². The summed E-state index contributed by atoms with van der Waals surface area (Å²) < 4.78 is 9.53. The SMILES string of the molecule is Cn1c(C2CC2)nc2ccc(-n3ccc(OCc4ccc(Cl)cc4)cc3=O)cc21. The number of fused-ring (bicyclic) bond motifs is 1. The maximum Gasteiger partial charge on any atom is 0.258 e. The van der Waals surface area contributed by atoms with Crippen LogP contribution in [0.25, 0.3) is 16.7 Å². The summed E-state index contributed by atoms with van der Waals surface area (Å²) in [7, 11) is 2.04. The highest BCUT2D eigenvalue weighted by Crippen LogP contribution is 2.40. The van der Waals surface area contributed by atoms with E-state index in [1.165, 1.54) is 18.9 Å². The molecule has 1 fully saturated rings. The maximum absolute atomic E-state index is 12.7. The lowest BCUT2D eigenvalue weighted by molar-refractivity contribution is 0.305. The summed E-state index contributed by atoms with van der Waals surface area (Å²) in [6.07, 6.45) is 4.17. The van der Waals surface area contributed by atoms with Crippen LogP contribution >= 0.6 is 11.6 Å². The van der Waals surface area contributed by atoms with Gasteiger partial charge in [0.25, 0.3) is 5.56 Å². The third-order valence-electron chi connectivity index (χ3n) is 5.33. The maximum atomic E-state index is 12.7. The molecule has 146 valence electrons. The Hall–Kier alpha value is -3.05. The summed E-state index contributed by atoms with van der Waals surface area (Å²) in [5.74, 6) is 2.25. The van der Waals surface area contributed by atoms with Gasteiger partial charge in [0.15, 0.2) is 0 Å². The van der Waals surface area contributed by atoms with Gasteiger partial charge in [-0.3, -0.25) is 9.36 Å². The normalized spacial score (nSPS) is 13.7. The summed E-state index contributed by atoms with van der Waals surface area (Å²) in [6, 6.07) is 16.7. The molecule has 0 atom stereocenters. The number of ether oxygens (including phenoxy) is 1. The topological polar surface area (TPSA) is 49.0 Å². The molecular formula is C23H20ClN3O2. The van der Waals surface area contributed by atoms with E-state index >= 15 is 0 Å². The molecule has 0 N–H and O–H groups in total. The monoisotopic (exact) mass is 405 g/mol. The zero-order valence-electron chi connectivity index (χ0n) is 16.0. The van der Waals surface area contributed by atoms with Crippen LogP contribution in [0.5, 0.6) is 5.75 Å². The highest BCUT2D eigenvalue weighted by atomic mass is 35.5. The Morgan fingerprint density at radius 2 is 1.90 bits per heavy atom. The summed E-state index contributed by atoms with van der Waals surface area (Å²) in [4.78, 5) is 17.4. The van der Waals surface area contributed by atoms with Crippen molar-refractivity contribution in [3.8, 4) is 11.4 Å². The van der Waals surface area contributed by atoms with E-state index < -0.39 is 0 Å². The average molecular weight is 406 g/mol. The van der Waals surface area contributed by atoms with Crippen molar-refractivity contribution in [3.05, 3.63) is 87.6 Å². The number of hydrogen-bond donors (Lipinski definition) is 0. The third-order valence-corrected chi connectivity index (χ3v) is 5.58. The van der Waals surface area contributed by atoms with Crippen molar-refractivity contribution in [2.24, 2.45) is 7.05 Å². The molecule has 0 spiro atoms. The van der Waals surface area contributed by atoms with Gasteiger partial charge in [-0.15, -0.1) is 0 Å². The summed E-state index contributed by atoms with van der Waals surface area (Å²) in [5, 5.41) is 0.686. The Kier molecular flexibility index (Phi) is 4.40. The molecule has 2 aromatic heterocycles. The van der Waals surface area contributed by atoms with Crippen molar-refractivity contribution >= 4 is 22.6 Å². The number of halogens is 1. The minimum atomic E-state index is -0.137. The molecule has 2 heterocycles. The number of pyridine rings is 1. The van der Waals surface area contributed by atoms with Crippen LogP contribution in [-0.2, 0) is 13.7 Å². The molecule has 2 aromatic carbocycles. The Labute approximate surface area is 173 Å². The summed E-state index contributed by atoms with van der Waals surface area (Å²) in [5.41, 5.74) is 3.68. The van der Waals surface area contributed by atoms with Crippen molar-refractivity contribution in [1.29, 1.82) is 0 Å². The Morgan fingerprint density at radius 1 is 1.10 bits per heavy atom. The van der Waals surface area contributed by atoms with Crippen molar-refractivity contribution in [3.63, 3.8) is 0 Å². The molecule has 5 rings (SSSR count). The van der Waals surface area contributed by atoms with E-state index in [2.05, 4.69) is 4.57 Å². The molecule has 1 saturated carbocycles. The molecule has 0 aliphatic heterocycles. The molecule has 29 heavy (non-hydrogen) atoms. The summed E-state index contributed by atoms with van der Waals surface area (Å²) >= 11 is 5.90. The van der Waals surface area contributed by atoms with Gasteiger partial charge in [-0.05, 0) is 54.8 Å². The van der Waals surface area contributed by atoms with Crippen molar-refractivity contribution in [1.82, 2.24) is 14.1 Å². The van der Waals surface area contributed by atoms with Gasteiger partial charge in [-0.25, -0.2) is 4.98 Å². The second-order valence-corrected chi connectivity index (χ2v) is 7.90. The quantitative estimate of drug-likeness (QED) is 0.477. The minimum absolute atomic E-state index is 0.137. The fourth-order valence-corrected chi connectivity index (χ4v) is 3.69. The van der Waals surface area contributed by atoms with Gasteiger partial charge >= 0.3 is 0 Å². The molecule has 0 radical (unpaired) electrons. The lowest BCUT2D eigenvalue weighted by Gasteiger charge is -2.10. The van der Waals surface area contributed by atoms with E-state index in [4.69, 9.17) is 21.3 Å². The molecule has 0 unspecified atom stereocenters. The molecule has 0 amide bonds. The lowest BCUT2D eigenvalue weighted by Crippen LogP contribution is -2.16. The first-order valence-corrected chi connectivity index (χ1v) is 10.0. The van der Waals surface area contributed by atoms with Gasteiger partial charge < -0.3 is 9.30 Å². The van der Waals surface area contributed by atoms with Gasteiger partial charge in [0.05, 0.1) is 16.7 Å². The van der Waals surface area contributed by atoms with Gasteiger partial charge in [0, 0.05) is 30.3 Å². The van der Waals surface area contributed by atoms with Crippen LogP contribution in [0.2, 0.25) is 5.02 Å². The van der Waals surface area contributed by atoms with E-state index in [0.717, 1.165) is 28.1 Å². The van der Waals surface area contributed by atoms with E-state index in [1.54, 1.807) is 16.8 Å². The zero-order valence-corrected chi connectivity index (χ0v) is 16.8. The predicted octanol–water partition coefficient (Wildman–Crippen LogP) is 4.83. The number of aromatic nitrogens is 3. The van der Waals surface area contributed by atoms with Crippen LogP contribution in [0, 0.1) is 0 Å². The van der Waals surface area contributed by atoms with Crippen LogP contribution in [0.3, 0.4) is 0 Å². The van der Waals surface area contributed by atoms with Gasteiger partial charge in [0.2, 0.25) is 0 Å². The molecule has 1 aliphatic carbocycles. The van der Waals surface area contributed by atoms with Crippen molar-refractivity contribution < 1.29 is 4.74 Å². The fraction of sp³-hybridized carbons (Fsp3) is 0.217. The van der Waals surface area contributed by atoms with Crippen LogP contribution in [0.15, 0.2) is 65.6 Å². The van der Waals surface area contributed by atoms with E-state index in [1.807, 2.05) is 49.5 Å². The summed E-state index contributed by atoms with van der Waals surface area (Å²) in [6.45, 7) is 0.381. The Balaban J connectivity index is 1.40. The molecular weight excluding hydrogens is 386 g/mol. The second-order valence-electron chi connectivity index (χ2n) is 7.46. The van der Waals surface area contributed by atoms with Crippen molar-refractivity contribution in [2.75, 3.05) is 0 Å². The largest absolute Gasteiger partial charge is 0.489 e. The first-order chi connectivity index (χ1) is 14.1. The highest BCUT2D eigenvalue weighted by molar-refractivity contribution is 6.30. The van der Waals surface area contributed by atoms with Crippen LogP contribution in [0.1, 0.15) is 30.1 Å². The van der Waals surface area contributed by atoms with E-state index in [9.17, 15) is 4.79 Å². The first kappa shape index (κ1) is 18.0. The Bertz CT molecular complexity index is 1250. The number of nitrogens with zero attached hydrogens (tertiary/aromatic N) is 3. The molecule has 5 nitrogen and oxygen atoms in total. The average Bonchev–Trinajstić information content (AvgIpc) is 3.52. The molecule has 6 heteroatoms. The van der Waals surface area contributed by atoms with Crippen LogP contribution in [0.4, 0.5) is 0 Å². The second kappa shape index (κ2) is 7.08. The van der Waals surface area contributed by atoms with Gasteiger partial charge in [0.1, 0.15) is 18.2 Å². The smallest absolute Gasteiger partial charge is 0.258 e. The lowest BCUT2D eigenvalue weighted by atomic mass is 10.2. The highest BCUT2D eigenvalue weighted by Gasteiger charge is 2.28. The number of imidazole rings is 1. The standard InChI is InChI=1S/C23H20ClN3O2/c1-26-21-12-18(8-9-20(21)25-23(26)16-4-5-16)27-11-10-19(13-22(27)28)29-14-15-2-6-17(24)7-3-15/h2-3,6-13,16H,4-5,14H2,1H3. The predicted molar refractivity (Wildman–Crippen MR) is 114 cm³/mol. The van der Waals surface area contributed by atoms with Crippen molar-refractivity contribution in [2.45, 2.75) is 25.4 Å². The molecule has 0 bridgehead atoms. The minimum Gasteiger partial charge on any atom is -0.489 e. The number of aryl methyl sites for hydroxylation is 1. The number of rotatable bonds is 5. The molecule has 4 aromatic rings.